The van der Waals surface area contributed by atoms with E-state index in [0.29, 0.717) is 0 Å². The van der Waals surface area contributed by atoms with Gasteiger partial charge in [0.25, 0.3) is 0 Å². The van der Waals surface area contributed by atoms with E-state index >= 15 is 0 Å². The smallest absolute Gasteiger partial charge is 0.135 e. The van der Waals surface area contributed by atoms with Gasteiger partial charge in [-0.2, -0.15) is 0 Å². The summed E-state index contributed by atoms with van der Waals surface area (Å²) in [6.07, 6.45) is 1.80. The molecular weight excluding hydrogens is 292 g/mol. The van der Waals surface area contributed by atoms with Gasteiger partial charge in [-0.05, 0) is 47.1 Å². The van der Waals surface area contributed by atoms with Gasteiger partial charge in [-0.25, -0.2) is 0 Å². The highest BCUT2D eigenvalue weighted by Crippen LogP contribution is 2.29. The molecule has 0 aliphatic carbocycles. The number of methoxy groups -OCH3 is 1. The third kappa shape index (κ3) is 3.01. The molecule has 1 aromatic carbocycles. The molecule has 4 heteroatoms. The average Bonchev–Trinajstić information content (AvgIpc) is 2.42. The normalized spacial score (nSPS) is 11.9. The minimum absolute atomic E-state index is 0.150. The van der Waals surface area contributed by atoms with E-state index in [9.17, 15) is 0 Å². The predicted octanol–water partition coefficient (Wildman–Crippen LogP) is 4.03. The molecule has 1 N–H and O–H groups in total. The van der Waals surface area contributed by atoms with Crippen molar-refractivity contribution in [1.29, 1.82) is 0 Å². The Kier molecular flexibility index (Phi) is 4.20. The van der Waals surface area contributed by atoms with E-state index in [2.05, 4.69) is 33.2 Å². The third-order valence-corrected chi connectivity index (χ3v) is 3.32. The first-order chi connectivity index (χ1) is 8.70. The molecular formula is C14H15BrN2O. The van der Waals surface area contributed by atoms with Gasteiger partial charge >= 0.3 is 0 Å². The molecule has 3 nitrogen and oxygen atoms in total. The fourth-order valence-corrected chi connectivity index (χ4v) is 2.11. The van der Waals surface area contributed by atoms with Crippen LogP contribution in [0.15, 0.2) is 47.1 Å². The molecule has 0 aliphatic heterocycles. The second-order valence-electron chi connectivity index (χ2n) is 3.97. The molecule has 1 unspecified atom stereocenters. The summed E-state index contributed by atoms with van der Waals surface area (Å²) in [4.78, 5) is 4.33. The van der Waals surface area contributed by atoms with Crippen LogP contribution in [0.4, 0.5) is 5.69 Å². The van der Waals surface area contributed by atoms with Crippen molar-refractivity contribution < 1.29 is 4.74 Å². The monoisotopic (exact) mass is 306 g/mol. The van der Waals surface area contributed by atoms with Crippen molar-refractivity contribution in [2.24, 2.45) is 0 Å². The maximum atomic E-state index is 5.27. The Balaban J connectivity index is 2.14. The summed E-state index contributed by atoms with van der Waals surface area (Å²) in [5.74, 6) is 0.813. The van der Waals surface area contributed by atoms with Crippen LogP contribution < -0.4 is 10.1 Å². The molecule has 18 heavy (non-hydrogen) atoms. The summed E-state index contributed by atoms with van der Waals surface area (Å²) in [6, 6.07) is 12.0. The quantitative estimate of drug-likeness (QED) is 0.926. The molecule has 1 heterocycles. The number of ether oxygens (including phenoxy) is 1. The summed E-state index contributed by atoms with van der Waals surface area (Å²) >= 11 is 3.44. The second kappa shape index (κ2) is 5.87. The minimum Gasteiger partial charge on any atom is -0.495 e. The van der Waals surface area contributed by atoms with Gasteiger partial charge < -0.3 is 10.1 Å². The maximum absolute atomic E-state index is 5.27. The van der Waals surface area contributed by atoms with Gasteiger partial charge in [0.05, 0.1) is 23.3 Å². The van der Waals surface area contributed by atoms with Crippen LogP contribution in [0.2, 0.25) is 0 Å². The van der Waals surface area contributed by atoms with Gasteiger partial charge in [0.2, 0.25) is 0 Å². The molecule has 0 bridgehead atoms. The first-order valence-corrected chi connectivity index (χ1v) is 6.51. The number of benzene rings is 1. The average molecular weight is 307 g/mol. The maximum Gasteiger partial charge on any atom is 0.135 e. The Bertz CT molecular complexity index is 516. The molecule has 0 aliphatic rings. The number of nitrogens with zero attached hydrogens (tertiary/aromatic N) is 1. The SMILES string of the molecule is COc1cc(NC(C)c2ccccn2)ccc1Br. The largest absolute Gasteiger partial charge is 0.495 e. The summed E-state index contributed by atoms with van der Waals surface area (Å²) < 4.78 is 6.22. The fraction of sp³-hybridized carbons (Fsp3) is 0.214. The van der Waals surface area contributed by atoms with Crippen molar-refractivity contribution in [2.75, 3.05) is 12.4 Å². The summed E-state index contributed by atoms with van der Waals surface area (Å²) in [5, 5.41) is 3.40. The lowest BCUT2D eigenvalue weighted by molar-refractivity contribution is 0.412. The topological polar surface area (TPSA) is 34.1 Å². The fourth-order valence-electron chi connectivity index (χ4n) is 1.71. The van der Waals surface area contributed by atoms with Crippen LogP contribution in [0, 0.1) is 0 Å². The van der Waals surface area contributed by atoms with E-state index in [1.807, 2.05) is 36.4 Å². The van der Waals surface area contributed by atoms with Gasteiger partial charge in [-0.1, -0.05) is 6.07 Å². The Hall–Kier alpha value is -1.55. The Morgan fingerprint density at radius 1 is 1.28 bits per heavy atom. The van der Waals surface area contributed by atoms with Crippen LogP contribution in [0.1, 0.15) is 18.7 Å². The number of anilines is 1. The Morgan fingerprint density at radius 2 is 2.11 bits per heavy atom. The molecule has 0 radical (unpaired) electrons. The van der Waals surface area contributed by atoms with Crippen LogP contribution in [-0.2, 0) is 0 Å². The van der Waals surface area contributed by atoms with Gasteiger partial charge in [-0.15, -0.1) is 0 Å². The van der Waals surface area contributed by atoms with Crippen LogP contribution in [-0.4, -0.2) is 12.1 Å². The lowest BCUT2D eigenvalue weighted by Gasteiger charge is -2.15. The Morgan fingerprint density at radius 3 is 2.78 bits per heavy atom. The lowest BCUT2D eigenvalue weighted by Crippen LogP contribution is -2.08. The van der Waals surface area contributed by atoms with E-state index < -0.39 is 0 Å². The zero-order valence-electron chi connectivity index (χ0n) is 10.4. The highest BCUT2D eigenvalue weighted by atomic mass is 79.9. The predicted molar refractivity (Wildman–Crippen MR) is 77.0 cm³/mol. The van der Waals surface area contributed by atoms with E-state index in [1.165, 1.54) is 0 Å². The lowest BCUT2D eigenvalue weighted by atomic mass is 10.2. The number of rotatable bonds is 4. The number of nitrogens with one attached hydrogen (secondary N) is 1. The van der Waals surface area contributed by atoms with Crippen molar-refractivity contribution in [2.45, 2.75) is 13.0 Å². The van der Waals surface area contributed by atoms with E-state index in [0.717, 1.165) is 21.6 Å². The molecule has 0 amide bonds. The van der Waals surface area contributed by atoms with Gasteiger partial charge in [0.1, 0.15) is 5.75 Å². The minimum atomic E-state index is 0.150. The Labute approximate surface area is 115 Å². The number of pyridine rings is 1. The summed E-state index contributed by atoms with van der Waals surface area (Å²) in [7, 11) is 1.66. The zero-order chi connectivity index (χ0) is 13.0. The van der Waals surface area contributed by atoms with Crippen LogP contribution in [0.3, 0.4) is 0 Å². The zero-order valence-corrected chi connectivity index (χ0v) is 11.9. The third-order valence-electron chi connectivity index (χ3n) is 2.67. The van der Waals surface area contributed by atoms with E-state index in [1.54, 1.807) is 13.3 Å². The molecule has 0 saturated carbocycles. The molecule has 2 rings (SSSR count). The molecule has 94 valence electrons. The summed E-state index contributed by atoms with van der Waals surface area (Å²) in [6.45, 7) is 2.08. The first-order valence-electron chi connectivity index (χ1n) is 5.71. The van der Waals surface area contributed by atoms with Crippen molar-refractivity contribution in [3.05, 3.63) is 52.8 Å². The summed E-state index contributed by atoms with van der Waals surface area (Å²) in [5.41, 5.74) is 2.02. The molecule has 0 fully saturated rings. The van der Waals surface area contributed by atoms with Gasteiger partial charge in [0, 0.05) is 18.0 Å². The van der Waals surface area contributed by atoms with Crippen molar-refractivity contribution in [3.8, 4) is 5.75 Å². The molecule has 0 saturated heterocycles. The van der Waals surface area contributed by atoms with Crippen LogP contribution >= 0.6 is 15.9 Å². The van der Waals surface area contributed by atoms with E-state index in [-0.39, 0.29) is 6.04 Å². The van der Waals surface area contributed by atoms with Crippen molar-refractivity contribution >= 4 is 21.6 Å². The van der Waals surface area contributed by atoms with Crippen LogP contribution in [0.25, 0.3) is 0 Å². The first kappa shape index (κ1) is 12.9. The number of halogens is 1. The van der Waals surface area contributed by atoms with Crippen LogP contribution in [0.5, 0.6) is 5.75 Å². The number of aromatic nitrogens is 1. The van der Waals surface area contributed by atoms with Crippen molar-refractivity contribution in [1.82, 2.24) is 4.98 Å². The molecule has 0 spiro atoms. The van der Waals surface area contributed by atoms with Gasteiger partial charge in [0.15, 0.2) is 0 Å². The molecule has 1 aromatic heterocycles. The van der Waals surface area contributed by atoms with Gasteiger partial charge in [-0.3, -0.25) is 4.98 Å². The van der Waals surface area contributed by atoms with Crippen molar-refractivity contribution in [3.63, 3.8) is 0 Å². The standard InChI is InChI=1S/C14H15BrN2O/c1-10(13-5-3-4-8-16-13)17-11-6-7-12(15)14(9-11)18-2/h3-10,17H,1-2H3. The molecule has 1 atom stereocenters. The highest BCUT2D eigenvalue weighted by Gasteiger charge is 2.07. The number of hydrogen-bond donors (Lipinski definition) is 1. The van der Waals surface area contributed by atoms with E-state index in [4.69, 9.17) is 4.74 Å². The number of hydrogen-bond acceptors (Lipinski definition) is 3. The second-order valence-corrected chi connectivity index (χ2v) is 4.82. The highest BCUT2D eigenvalue weighted by molar-refractivity contribution is 9.10. The molecule has 2 aromatic rings.